The molecule has 10 heteroatoms. The maximum Gasteiger partial charge on any atom is 0.272 e. The van der Waals surface area contributed by atoms with Crippen LogP contribution in [-0.4, -0.2) is 64.6 Å². The van der Waals surface area contributed by atoms with E-state index in [2.05, 4.69) is 42.3 Å². The van der Waals surface area contributed by atoms with Gasteiger partial charge in [-0.2, -0.15) is 14.7 Å². The molecule has 1 aromatic carbocycles. The van der Waals surface area contributed by atoms with Crippen LogP contribution in [-0.2, 0) is 0 Å². The Hall–Kier alpha value is -3.79. The van der Waals surface area contributed by atoms with Gasteiger partial charge < -0.3 is 4.90 Å². The van der Waals surface area contributed by atoms with E-state index in [0.717, 1.165) is 35.1 Å². The third-order valence-electron chi connectivity index (χ3n) is 5.85. The first-order valence-corrected chi connectivity index (χ1v) is 10.4. The van der Waals surface area contributed by atoms with E-state index in [0.29, 0.717) is 17.3 Å². The van der Waals surface area contributed by atoms with Gasteiger partial charge in [0.05, 0.1) is 29.6 Å². The number of benzene rings is 1. The number of aromatic nitrogens is 8. The molecule has 0 bridgehead atoms. The highest BCUT2D eigenvalue weighted by Crippen LogP contribution is 2.30. The molecule has 1 fully saturated rings. The lowest BCUT2D eigenvalue weighted by molar-refractivity contribution is 0.130. The number of fused-ring (bicyclic) bond motifs is 2. The van der Waals surface area contributed by atoms with Crippen LogP contribution in [0.3, 0.4) is 0 Å². The van der Waals surface area contributed by atoms with Gasteiger partial charge in [-0.05, 0) is 37.7 Å². The Bertz CT molecular complexity index is 1450. The first kappa shape index (κ1) is 18.9. The molecular formula is C22H20FN9. The largest absolute Gasteiger partial charge is 0.302 e. The van der Waals surface area contributed by atoms with E-state index in [1.165, 1.54) is 4.52 Å². The van der Waals surface area contributed by atoms with Gasteiger partial charge in [0, 0.05) is 42.0 Å². The van der Waals surface area contributed by atoms with Crippen LogP contribution in [0, 0.1) is 6.92 Å². The average molecular weight is 429 g/mol. The predicted molar refractivity (Wildman–Crippen MR) is 116 cm³/mol. The number of rotatable bonds is 4. The quantitative estimate of drug-likeness (QED) is 0.434. The van der Waals surface area contributed by atoms with Crippen LogP contribution in [0.15, 0.2) is 49.1 Å². The smallest absolute Gasteiger partial charge is 0.272 e. The van der Waals surface area contributed by atoms with Crippen LogP contribution in [0.4, 0.5) is 4.39 Å². The average Bonchev–Trinajstić information content (AvgIpc) is 3.43. The molecule has 0 amide bonds. The Kier molecular flexibility index (Phi) is 4.22. The Balaban J connectivity index is 1.35. The zero-order valence-electron chi connectivity index (χ0n) is 17.6. The molecule has 6 rings (SSSR count). The van der Waals surface area contributed by atoms with Gasteiger partial charge in [-0.15, -0.1) is 10.2 Å². The SMILES string of the molecule is Cc1cnc2nnc(C(F)c3ccc4ncc(-c5cnn(C6CN(C)C6)c5)cc4c3)n2n1. The second-order valence-electron chi connectivity index (χ2n) is 8.29. The number of alkyl halides is 1. The monoisotopic (exact) mass is 429 g/mol. The summed E-state index contributed by atoms with van der Waals surface area (Å²) < 4.78 is 18.8. The lowest BCUT2D eigenvalue weighted by atomic mass is 10.0. The first-order chi connectivity index (χ1) is 15.5. The Labute approximate surface area is 182 Å². The lowest BCUT2D eigenvalue weighted by Crippen LogP contribution is -2.45. The fourth-order valence-electron chi connectivity index (χ4n) is 4.09. The van der Waals surface area contributed by atoms with Crippen molar-refractivity contribution < 1.29 is 4.39 Å². The van der Waals surface area contributed by atoms with E-state index < -0.39 is 6.17 Å². The van der Waals surface area contributed by atoms with Crippen LogP contribution in [0.1, 0.15) is 29.3 Å². The highest BCUT2D eigenvalue weighted by molar-refractivity contribution is 5.84. The maximum absolute atomic E-state index is 15.5. The van der Waals surface area contributed by atoms with Crippen LogP contribution < -0.4 is 0 Å². The van der Waals surface area contributed by atoms with Crippen molar-refractivity contribution in [2.45, 2.75) is 19.1 Å². The zero-order chi connectivity index (χ0) is 21.8. The minimum atomic E-state index is -1.49. The number of nitrogens with zero attached hydrogens (tertiary/aromatic N) is 9. The van der Waals surface area contributed by atoms with Gasteiger partial charge in [0.15, 0.2) is 12.0 Å². The maximum atomic E-state index is 15.5. The molecule has 160 valence electrons. The standard InChI is InChI=1S/C22H20FN9/c1-13-7-25-22-28-27-21(32(22)29-13)20(23)14-3-4-19-15(5-14)6-16(8-24-19)17-9-26-31(10-17)18-11-30(2)12-18/h3-10,18,20H,11-12H2,1-2H3. The molecule has 1 aliphatic heterocycles. The Morgan fingerprint density at radius 3 is 2.75 bits per heavy atom. The summed E-state index contributed by atoms with van der Waals surface area (Å²) in [5, 5.41) is 17.6. The fourth-order valence-corrected chi connectivity index (χ4v) is 4.09. The zero-order valence-corrected chi connectivity index (χ0v) is 17.6. The van der Waals surface area contributed by atoms with Gasteiger partial charge >= 0.3 is 0 Å². The molecule has 0 radical (unpaired) electrons. The normalized spacial score (nSPS) is 16.0. The van der Waals surface area contributed by atoms with Crippen molar-refractivity contribution in [1.29, 1.82) is 0 Å². The summed E-state index contributed by atoms with van der Waals surface area (Å²) in [4.78, 5) is 11.0. The van der Waals surface area contributed by atoms with Gasteiger partial charge in [0.2, 0.25) is 0 Å². The molecule has 0 N–H and O–H groups in total. The number of hydrogen-bond donors (Lipinski definition) is 0. The highest BCUT2D eigenvalue weighted by Gasteiger charge is 2.25. The summed E-state index contributed by atoms with van der Waals surface area (Å²) in [6.07, 6.45) is 5.81. The van der Waals surface area contributed by atoms with E-state index in [9.17, 15) is 0 Å². The summed E-state index contributed by atoms with van der Waals surface area (Å²) in [5.74, 6) is 0.374. The number of pyridine rings is 1. The molecule has 9 nitrogen and oxygen atoms in total. The van der Waals surface area contributed by atoms with Crippen LogP contribution in [0.5, 0.6) is 0 Å². The molecule has 0 aliphatic carbocycles. The van der Waals surface area contributed by atoms with Gasteiger partial charge in [-0.1, -0.05) is 6.07 Å². The molecule has 1 aliphatic rings. The van der Waals surface area contributed by atoms with E-state index in [1.54, 1.807) is 25.3 Å². The van der Waals surface area contributed by atoms with Crippen molar-refractivity contribution in [2.24, 2.45) is 0 Å². The topological polar surface area (TPSA) is 89.9 Å². The van der Waals surface area contributed by atoms with Crippen molar-refractivity contribution in [3.05, 3.63) is 66.1 Å². The molecule has 5 aromatic rings. The molecule has 4 aromatic heterocycles. The molecule has 1 unspecified atom stereocenters. The molecule has 5 heterocycles. The van der Waals surface area contributed by atoms with E-state index in [1.807, 2.05) is 35.4 Å². The Morgan fingerprint density at radius 1 is 1.03 bits per heavy atom. The third-order valence-corrected chi connectivity index (χ3v) is 5.85. The van der Waals surface area contributed by atoms with Crippen molar-refractivity contribution in [3.8, 4) is 11.1 Å². The van der Waals surface area contributed by atoms with Gasteiger partial charge in [-0.3, -0.25) is 9.67 Å². The van der Waals surface area contributed by atoms with E-state index in [4.69, 9.17) is 0 Å². The molecule has 0 spiro atoms. The number of aryl methyl sites for hydroxylation is 1. The number of likely N-dealkylation sites (tertiary alicyclic amines) is 1. The second kappa shape index (κ2) is 7.13. The van der Waals surface area contributed by atoms with Crippen molar-refractivity contribution in [3.63, 3.8) is 0 Å². The summed E-state index contributed by atoms with van der Waals surface area (Å²) in [5.41, 5.74) is 3.85. The third kappa shape index (κ3) is 3.11. The van der Waals surface area contributed by atoms with Crippen molar-refractivity contribution in [2.75, 3.05) is 20.1 Å². The predicted octanol–water partition coefficient (Wildman–Crippen LogP) is 2.78. The van der Waals surface area contributed by atoms with Gasteiger partial charge in [0.1, 0.15) is 0 Å². The van der Waals surface area contributed by atoms with Crippen molar-refractivity contribution in [1.82, 2.24) is 44.5 Å². The minimum absolute atomic E-state index is 0.103. The summed E-state index contributed by atoms with van der Waals surface area (Å²) >= 11 is 0. The summed E-state index contributed by atoms with van der Waals surface area (Å²) in [6, 6.07) is 7.75. The van der Waals surface area contributed by atoms with Crippen LogP contribution >= 0.6 is 0 Å². The molecule has 32 heavy (non-hydrogen) atoms. The first-order valence-electron chi connectivity index (χ1n) is 10.4. The van der Waals surface area contributed by atoms with Crippen LogP contribution in [0.25, 0.3) is 27.8 Å². The summed E-state index contributed by atoms with van der Waals surface area (Å²) in [6.45, 7) is 3.79. The van der Waals surface area contributed by atoms with E-state index in [-0.39, 0.29) is 11.6 Å². The van der Waals surface area contributed by atoms with Gasteiger partial charge in [-0.25, -0.2) is 9.37 Å². The fraction of sp³-hybridized carbons (Fsp3) is 0.273. The minimum Gasteiger partial charge on any atom is -0.302 e. The number of halogens is 1. The lowest BCUT2D eigenvalue weighted by Gasteiger charge is -2.36. The molecule has 1 saturated heterocycles. The van der Waals surface area contributed by atoms with Crippen LogP contribution in [0.2, 0.25) is 0 Å². The molecular weight excluding hydrogens is 409 g/mol. The van der Waals surface area contributed by atoms with Gasteiger partial charge in [0.25, 0.3) is 5.78 Å². The highest BCUT2D eigenvalue weighted by atomic mass is 19.1. The van der Waals surface area contributed by atoms with E-state index >= 15 is 4.39 Å². The Morgan fingerprint density at radius 2 is 1.91 bits per heavy atom. The summed E-state index contributed by atoms with van der Waals surface area (Å²) in [7, 11) is 2.10. The second-order valence-corrected chi connectivity index (χ2v) is 8.29. The molecule has 0 saturated carbocycles. The number of hydrogen-bond acceptors (Lipinski definition) is 7. The van der Waals surface area contributed by atoms with Crippen molar-refractivity contribution >= 4 is 16.7 Å². The number of likely N-dealkylation sites (N-methyl/N-ethyl adjacent to an activating group) is 1. The molecule has 1 atom stereocenters.